The molecule has 0 saturated carbocycles. The van der Waals surface area contributed by atoms with Crippen LogP contribution in [0.4, 0.5) is 0 Å². The number of H-pyrrole nitrogens is 1. The molecule has 27 heavy (non-hydrogen) atoms. The summed E-state index contributed by atoms with van der Waals surface area (Å²) in [5.74, 6) is 0.345. The van der Waals surface area contributed by atoms with Crippen LogP contribution in [0.15, 0.2) is 58.2 Å². The van der Waals surface area contributed by atoms with Crippen LogP contribution in [0.2, 0.25) is 0 Å². The van der Waals surface area contributed by atoms with E-state index in [-0.39, 0.29) is 17.0 Å². The Kier molecular flexibility index (Phi) is 5.48. The van der Waals surface area contributed by atoms with E-state index in [1.54, 1.807) is 12.1 Å². The van der Waals surface area contributed by atoms with E-state index >= 15 is 0 Å². The standard InChI is InChI=1S/C21H24N2O3S/c1-14(2)16-7-9-19(10-8-16)27(25,26)22-12-11-18-13-17-6-4-5-15(3)20(17)23-21(18)24/h4-10,13-14,22H,11-12H2,1-3H3,(H,23,24). The lowest BCUT2D eigenvalue weighted by atomic mass is 10.0. The second kappa shape index (κ2) is 7.66. The molecule has 0 fully saturated rings. The van der Waals surface area contributed by atoms with Crippen LogP contribution in [0.3, 0.4) is 0 Å². The zero-order chi connectivity index (χ0) is 19.6. The van der Waals surface area contributed by atoms with Gasteiger partial charge in [-0.3, -0.25) is 4.79 Å². The molecule has 1 heterocycles. The molecule has 0 radical (unpaired) electrons. The molecule has 0 bridgehead atoms. The highest BCUT2D eigenvalue weighted by Gasteiger charge is 2.14. The van der Waals surface area contributed by atoms with Crippen molar-refractivity contribution in [3.05, 3.63) is 75.6 Å². The van der Waals surface area contributed by atoms with Gasteiger partial charge in [0.1, 0.15) is 0 Å². The minimum Gasteiger partial charge on any atom is -0.321 e. The van der Waals surface area contributed by atoms with E-state index in [0.29, 0.717) is 17.9 Å². The Morgan fingerprint density at radius 1 is 1.07 bits per heavy atom. The molecule has 2 N–H and O–H groups in total. The lowest BCUT2D eigenvalue weighted by Crippen LogP contribution is -2.27. The predicted octanol–water partition coefficient (Wildman–Crippen LogP) is 3.48. The zero-order valence-electron chi connectivity index (χ0n) is 15.7. The molecular weight excluding hydrogens is 360 g/mol. The van der Waals surface area contributed by atoms with Crippen molar-refractivity contribution >= 4 is 20.9 Å². The number of rotatable bonds is 6. The first-order valence-electron chi connectivity index (χ1n) is 8.99. The summed E-state index contributed by atoms with van der Waals surface area (Å²) < 4.78 is 27.5. The molecule has 0 aliphatic rings. The average Bonchev–Trinajstić information content (AvgIpc) is 2.63. The maximum absolute atomic E-state index is 12.4. The number of hydrogen-bond acceptors (Lipinski definition) is 3. The predicted molar refractivity (Wildman–Crippen MR) is 109 cm³/mol. The van der Waals surface area contributed by atoms with Crippen molar-refractivity contribution in [1.82, 2.24) is 9.71 Å². The van der Waals surface area contributed by atoms with Gasteiger partial charge in [-0.25, -0.2) is 13.1 Å². The topological polar surface area (TPSA) is 79.0 Å². The molecule has 1 aromatic heterocycles. The Morgan fingerprint density at radius 2 is 1.78 bits per heavy atom. The third-order valence-corrected chi connectivity index (χ3v) is 6.19. The maximum Gasteiger partial charge on any atom is 0.251 e. The maximum atomic E-state index is 12.4. The second-order valence-corrected chi connectivity index (χ2v) is 8.80. The van der Waals surface area contributed by atoms with E-state index in [1.807, 2.05) is 43.3 Å². The normalized spacial score (nSPS) is 12.0. The Labute approximate surface area is 159 Å². The van der Waals surface area contributed by atoms with Crippen molar-refractivity contribution in [2.75, 3.05) is 6.54 Å². The van der Waals surface area contributed by atoms with Gasteiger partial charge in [-0.15, -0.1) is 0 Å². The highest BCUT2D eigenvalue weighted by Crippen LogP contribution is 2.18. The summed E-state index contributed by atoms with van der Waals surface area (Å²) in [6.45, 7) is 6.22. The van der Waals surface area contributed by atoms with Crippen molar-refractivity contribution in [1.29, 1.82) is 0 Å². The summed E-state index contributed by atoms with van der Waals surface area (Å²) in [5.41, 5.74) is 3.29. The molecule has 0 unspecified atom stereocenters. The highest BCUT2D eigenvalue weighted by molar-refractivity contribution is 7.89. The molecule has 3 rings (SSSR count). The van der Waals surface area contributed by atoms with Crippen LogP contribution in [0, 0.1) is 6.92 Å². The Hall–Kier alpha value is -2.44. The molecule has 142 valence electrons. The largest absolute Gasteiger partial charge is 0.321 e. The Morgan fingerprint density at radius 3 is 2.44 bits per heavy atom. The zero-order valence-corrected chi connectivity index (χ0v) is 16.6. The van der Waals surface area contributed by atoms with Crippen molar-refractivity contribution in [2.45, 2.75) is 38.0 Å². The third kappa shape index (κ3) is 4.28. The number of aromatic amines is 1. The first-order chi connectivity index (χ1) is 12.8. The summed E-state index contributed by atoms with van der Waals surface area (Å²) in [4.78, 5) is 15.4. The van der Waals surface area contributed by atoms with E-state index in [0.717, 1.165) is 22.0 Å². The summed E-state index contributed by atoms with van der Waals surface area (Å²) in [5, 5.41) is 0.941. The molecule has 2 aromatic carbocycles. The number of hydrogen-bond donors (Lipinski definition) is 2. The number of sulfonamides is 1. The van der Waals surface area contributed by atoms with Gasteiger partial charge >= 0.3 is 0 Å². The van der Waals surface area contributed by atoms with Gasteiger partial charge in [0, 0.05) is 12.1 Å². The number of pyridine rings is 1. The quantitative estimate of drug-likeness (QED) is 0.683. The molecule has 3 aromatic rings. The fraction of sp³-hybridized carbons (Fsp3) is 0.286. The number of aryl methyl sites for hydroxylation is 1. The molecule has 5 nitrogen and oxygen atoms in total. The van der Waals surface area contributed by atoms with Crippen molar-refractivity contribution in [3.63, 3.8) is 0 Å². The molecule has 0 spiro atoms. The Balaban J connectivity index is 1.73. The summed E-state index contributed by atoms with van der Waals surface area (Å²) >= 11 is 0. The van der Waals surface area contributed by atoms with Crippen molar-refractivity contribution in [2.24, 2.45) is 0 Å². The van der Waals surface area contributed by atoms with Gasteiger partial charge in [0.05, 0.1) is 10.4 Å². The van der Waals surface area contributed by atoms with Gasteiger partial charge in [-0.1, -0.05) is 44.2 Å². The van der Waals surface area contributed by atoms with Gasteiger partial charge in [-0.05, 0) is 54.0 Å². The van der Waals surface area contributed by atoms with Gasteiger partial charge in [0.15, 0.2) is 0 Å². The van der Waals surface area contributed by atoms with Gasteiger partial charge < -0.3 is 4.98 Å². The molecule has 0 atom stereocenters. The van der Waals surface area contributed by atoms with Crippen LogP contribution in [0.1, 0.15) is 36.5 Å². The molecule has 0 aliphatic heterocycles. The highest BCUT2D eigenvalue weighted by atomic mass is 32.2. The summed E-state index contributed by atoms with van der Waals surface area (Å²) in [7, 11) is -3.60. The van der Waals surface area contributed by atoms with E-state index in [9.17, 15) is 13.2 Å². The lowest BCUT2D eigenvalue weighted by Gasteiger charge is -2.10. The van der Waals surface area contributed by atoms with Crippen molar-refractivity contribution in [3.8, 4) is 0 Å². The van der Waals surface area contributed by atoms with Crippen LogP contribution in [-0.2, 0) is 16.4 Å². The molecule has 0 saturated heterocycles. The van der Waals surface area contributed by atoms with Gasteiger partial charge in [0.25, 0.3) is 5.56 Å². The second-order valence-electron chi connectivity index (χ2n) is 7.03. The van der Waals surface area contributed by atoms with Crippen LogP contribution in [-0.4, -0.2) is 19.9 Å². The number of para-hydroxylation sites is 1. The van der Waals surface area contributed by atoms with Crippen LogP contribution >= 0.6 is 0 Å². The van der Waals surface area contributed by atoms with E-state index in [1.165, 1.54) is 0 Å². The van der Waals surface area contributed by atoms with Crippen molar-refractivity contribution < 1.29 is 8.42 Å². The fourth-order valence-electron chi connectivity index (χ4n) is 3.05. The SMILES string of the molecule is Cc1cccc2cc(CCNS(=O)(=O)c3ccc(C(C)C)cc3)c(=O)[nH]c12. The Bertz CT molecular complexity index is 1110. The van der Waals surface area contributed by atoms with Gasteiger partial charge in [0.2, 0.25) is 10.0 Å². The smallest absolute Gasteiger partial charge is 0.251 e. The van der Waals surface area contributed by atoms with E-state index in [2.05, 4.69) is 23.6 Å². The minimum absolute atomic E-state index is 0.161. The molecular formula is C21H24N2O3S. The molecule has 0 aliphatic carbocycles. The summed E-state index contributed by atoms with van der Waals surface area (Å²) in [6, 6.07) is 14.5. The van der Waals surface area contributed by atoms with E-state index in [4.69, 9.17) is 0 Å². The lowest BCUT2D eigenvalue weighted by molar-refractivity contribution is 0.581. The molecule has 6 heteroatoms. The average molecular weight is 385 g/mol. The minimum atomic E-state index is -3.60. The van der Waals surface area contributed by atoms with E-state index < -0.39 is 10.0 Å². The van der Waals surface area contributed by atoms with Crippen LogP contribution < -0.4 is 10.3 Å². The molecule has 0 amide bonds. The first kappa shape index (κ1) is 19.3. The number of aromatic nitrogens is 1. The van der Waals surface area contributed by atoms with Crippen LogP contribution in [0.25, 0.3) is 10.9 Å². The monoisotopic (exact) mass is 384 g/mol. The number of nitrogens with one attached hydrogen (secondary N) is 2. The van der Waals surface area contributed by atoms with Gasteiger partial charge in [-0.2, -0.15) is 0 Å². The van der Waals surface area contributed by atoms with Crippen LogP contribution in [0.5, 0.6) is 0 Å². The number of fused-ring (bicyclic) bond motifs is 1. The fourth-order valence-corrected chi connectivity index (χ4v) is 4.08. The summed E-state index contributed by atoms with van der Waals surface area (Å²) in [6.07, 6.45) is 0.322. The number of benzene rings is 2. The third-order valence-electron chi connectivity index (χ3n) is 4.71. The first-order valence-corrected chi connectivity index (χ1v) is 10.5.